The number of ether oxygens (including phenoxy) is 1. The highest BCUT2D eigenvalue weighted by molar-refractivity contribution is 7.95. The van der Waals surface area contributed by atoms with Gasteiger partial charge in [-0.05, 0) is 83.3 Å². The number of hydrogen-bond donors (Lipinski definition) is 3. The second-order valence-corrected chi connectivity index (χ2v) is 13.3. The van der Waals surface area contributed by atoms with Crippen molar-refractivity contribution in [2.24, 2.45) is 10.7 Å². The van der Waals surface area contributed by atoms with Gasteiger partial charge < -0.3 is 26.0 Å². The quantitative estimate of drug-likeness (QED) is 0.309. The minimum atomic E-state index is -4.92. The summed E-state index contributed by atoms with van der Waals surface area (Å²) < 4.78 is 69.8. The SMILES string of the molecule is CC(C)S(=O)(=O)C(N)=C(C=NC1CC1)Nc1nc(Nc2ccc(C3CCN(C)CC3)cc2OC(F)(F)F)ncc1Cl. The molecule has 2 heterocycles. The summed E-state index contributed by atoms with van der Waals surface area (Å²) in [6.07, 6.45) is 1.02. The van der Waals surface area contributed by atoms with E-state index in [9.17, 15) is 21.6 Å². The van der Waals surface area contributed by atoms with Gasteiger partial charge in [0.05, 0.1) is 28.9 Å². The van der Waals surface area contributed by atoms with E-state index in [4.69, 9.17) is 17.3 Å². The first kappa shape index (κ1) is 30.8. The van der Waals surface area contributed by atoms with E-state index in [1.165, 1.54) is 38.4 Å². The van der Waals surface area contributed by atoms with E-state index < -0.39 is 32.2 Å². The molecule has 0 amide bonds. The number of halogens is 4. The first-order valence-corrected chi connectivity index (χ1v) is 15.1. The van der Waals surface area contributed by atoms with Crippen LogP contribution in [-0.2, 0) is 9.84 Å². The monoisotopic (exact) mass is 615 g/mol. The van der Waals surface area contributed by atoms with Crippen LogP contribution in [0.15, 0.2) is 40.1 Å². The molecule has 4 N–H and O–H groups in total. The van der Waals surface area contributed by atoms with E-state index in [0.29, 0.717) is 0 Å². The molecule has 4 rings (SSSR count). The Morgan fingerprint density at radius 2 is 1.93 bits per heavy atom. The Kier molecular flexibility index (Phi) is 9.34. The van der Waals surface area contributed by atoms with Gasteiger partial charge in [0.1, 0.15) is 5.02 Å². The molecule has 224 valence electrons. The van der Waals surface area contributed by atoms with Crippen molar-refractivity contribution >= 4 is 45.1 Å². The zero-order valence-electron chi connectivity index (χ0n) is 22.9. The number of benzene rings is 1. The molecule has 2 aromatic rings. The number of hydrogen-bond acceptors (Lipinski definition) is 10. The van der Waals surface area contributed by atoms with Gasteiger partial charge in [0.2, 0.25) is 5.95 Å². The van der Waals surface area contributed by atoms with E-state index in [1.54, 1.807) is 6.07 Å². The van der Waals surface area contributed by atoms with Crippen molar-refractivity contribution in [3.63, 3.8) is 0 Å². The van der Waals surface area contributed by atoms with Crippen molar-refractivity contribution in [2.45, 2.75) is 63.1 Å². The van der Waals surface area contributed by atoms with Gasteiger partial charge in [-0.25, -0.2) is 13.4 Å². The molecule has 1 saturated carbocycles. The summed E-state index contributed by atoms with van der Waals surface area (Å²) in [6.45, 7) is 4.69. The molecule has 15 heteroatoms. The van der Waals surface area contributed by atoms with Crippen LogP contribution >= 0.6 is 11.6 Å². The number of aliphatic imine (C=N–C) groups is 1. The minimum Gasteiger partial charge on any atom is -0.404 e. The number of anilines is 3. The number of alkyl halides is 3. The Hall–Kier alpha value is -3.10. The van der Waals surface area contributed by atoms with Crippen LogP contribution < -0.4 is 21.1 Å². The smallest absolute Gasteiger partial charge is 0.404 e. The lowest BCUT2D eigenvalue weighted by Gasteiger charge is -2.29. The van der Waals surface area contributed by atoms with Gasteiger partial charge in [0, 0.05) is 6.21 Å². The van der Waals surface area contributed by atoms with E-state index in [2.05, 4.69) is 35.2 Å². The zero-order valence-corrected chi connectivity index (χ0v) is 24.4. The van der Waals surface area contributed by atoms with E-state index >= 15 is 0 Å². The van der Waals surface area contributed by atoms with Gasteiger partial charge in [-0.3, -0.25) is 4.99 Å². The zero-order chi connectivity index (χ0) is 29.9. The van der Waals surface area contributed by atoms with Crippen LogP contribution in [0, 0.1) is 0 Å². The van der Waals surface area contributed by atoms with Gasteiger partial charge in [-0.15, -0.1) is 13.2 Å². The van der Waals surface area contributed by atoms with E-state index in [-0.39, 0.29) is 40.1 Å². The number of nitrogens with one attached hydrogen (secondary N) is 2. The third kappa shape index (κ3) is 8.23. The molecule has 0 spiro atoms. The highest BCUT2D eigenvalue weighted by Crippen LogP contribution is 2.37. The third-order valence-electron chi connectivity index (χ3n) is 6.82. The Morgan fingerprint density at radius 1 is 1.24 bits per heavy atom. The van der Waals surface area contributed by atoms with Crippen LogP contribution in [-0.4, -0.2) is 67.3 Å². The number of likely N-dealkylation sites (tertiary alicyclic amines) is 1. The summed E-state index contributed by atoms with van der Waals surface area (Å²) in [5.41, 5.74) is 6.74. The molecule has 41 heavy (non-hydrogen) atoms. The van der Waals surface area contributed by atoms with Crippen LogP contribution in [0.3, 0.4) is 0 Å². The van der Waals surface area contributed by atoms with Gasteiger partial charge in [-0.2, -0.15) is 4.98 Å². The van der Waals surface area contributed by atoms with Gasteiger partial charge in [-0.1, -0.05) is 17.7 Å². The molecular formula is C26H33ClF3N7O3S. The lowest BCUT2D eigenvalue weighted by molar-refractivity contribution is -0.274. The molecule has 2 fully saturated rings. The Balaban J connectivity index is 1.64. The maximum Gasteiger partial charge on any atom is 0.573 e. The number of sulfone groups is 1. The normalized spacial score (nSPS) is 18.0. The summed E-state index contributed by atoms with van der Waals surface area (Å²) >= 11 is 6.29. The molecule has 0 radical (unpaired) electrons. The van der Waals surface area contributed by atoms with Crippen molar-refractivity contribution in [2.75, 3.05) is 30.8 Å². The number of rotatable bonds is 10. The Labute approximate surface area is 242 Å². The predicted octanol–water partition coefficient (Wildman–Crippen LogP) is 5.18. The maximum absolute atomic E-state index is 13.3. The van der Waals surface area contributed by atoms with Crippen molar-refractivity contribution in [3.05, 3.63) is 45.7 Å². The fourth-order valence-corrected chi connectivity index (χ4v) is 5.23. The number of aromatic nitrogens is 2. The lowest BCUT2D eigenvalue weighted by Crippen LogP contribution is -2.29. The molecule has 1 aromatic heterocycles. The molecular weight excluding hydrogens is 583 g/mol. The summed E-state index contributed by atoms with van der Waals surface area (Å²) in [5.74, 6) is -0.454. The molecule has 1 aromatic carbocycles. The van der Waals surface area contributed by atoms with Crippen molar-refractivity contribution < 1.29 is 26.3 Å². The molecule has 1 aliphatic heterocycles. The predicted molar refractivity (Wildman–Crippen MR) is 153 cm³/mol. The van der Waals surface area contributed by atoms with Gasteiger partial charge in [0.15, 0.2) is 26.4 Å². The highest BCUT2D eigenvalue weighted by atomic mass is 35.5. The summed E-state index contributed by atoms with van der Waals surface area (Å²) in [6, 6.07) is 4.70. The van der Waals surface area contributed by atoms with Gasteiger partial charge >= 0.3 is 6.36 Å². The fraction of sp³-hybridized carbons (Fsp3) is 0.500. The maximum atomic E-state index is 13.3. The Morgan fingerprint density at radius 3 is 2.54 bits per heavy atom. The molecule has 0 bridgehead atoms. The number of piperidine rings is 1. The molecule has 1 aliphatic carbocycles. The first-order chi connectivity index (χ1) is 19.2. The lowest BCUT2D eigenvalue weighted by atomic mass is 9.89. The third-order valence-corrected chi connectivity index (χ3v) is 9.17. The fourth-order valence-electron chi connectivity index (χ4n) is 4.18. The number of nitrogens with two attached hydrogens (primary N) is 1. The summed E-state index contributed by atoms with van der Waals surface area (Å²) in [4.78, 5) is 14.8. The van der Waals surface area contributed by atoms with Crippen LogP contribution in [0.25, 0.3) is 0 Å². The molecule has 1 saturated heterocycles. The molecule has 2 aliphatic rings. The highest BCUT2D eigenvalue weighted by Gasteiger charge is 2.33. The van der Waals surface area contributed by atoms with Crippen molar-refractivity contribution in [3.8, 4) is 5.75 Å². The van der Waals surface area contributed by atoms with Crippen molar-refractivity contribution in [1.82, 2.24) is 14.9 Å². The van der Waals surface area contributed by atoms with E-state index in [1.807, 2.05) is 7.05 Å². The van der Waals surface area contributed by atoms with Crippen LogP contribution in [0.5, 0.6) is 5.75 Å². The number of allylic oxidation sites excluding steroid dienone is 1. The largest absolute Gasteiger partial charge is 0.573 e. The average Bonchev–Trinajstić information content (AvgIpc) is 3.73. The topological polar surface area (TPSA) is 135 Å². The second-order valence-electron chi connectivity index (χ2n) is 10.4. The van der Waals surface area contributed by atoms with E-state index in [0.717, 1.165) is 44.3 Å². The average molecular weight is 616 g/mol. The summed E-state index contributed by atoms with van der Waals surface area (Å²) in [7, 11) is -1.85. The molecule has 0 unspecified atom stereocenters. The van der Waals surface area contributed by atoms with Crippen molar-refractivity contribution in [1.29, 1.82) is 0 Å². The number of nitrogens with zero attached hydrogens (tertiary/aromatic N) is 4. The van der Waals surface area contributed by atoms with Crippen LogP contribution in [0.1, 0.15) is 51.0 Å². The molecule has 0 atom stereocenters. The van der Waals surface area contributed by atoms with Gasteiger partial charge in [0.25, 0.3) is 0 Å². The van der Waals surface area contributed by atoms with Crippen LogP contribution in [0.4, 0.5) is 30.6 Å². The Bertz CT molecular complexity index is 1420. The standard InChI is InChI=1S/C26H33ClF3N7O3S/c1-15(2)41(38,39)23(31)21(14-32-18-5-6-18)34-24-19(27)13-33-25(36-24)35-20-7-4-17(12-22(20)40-26(28,29)30)16-8-10-37(3)11-9-16/h4,7,12-16,18H,5-6,8-11,31H2,1-3H3,(H2,33,34,35,36). The molecule has 10 nitrogen and oxygen atoms in total. The van der Waals surface area contributed by atoms with Crippen LogP contribution in [0.2, 0.25) is 5.02 Å². The summed E-state index contributed by atoms with van der Waals surface area (Å²) in [5, 5.41) is 4.36. The first-order valence-electron chi connectivity index (χ1n) is 13.1. The minimum absolute atomic E-state index is 0.0137. The second kappa shape index (κ2) is 12.4.